The van der Waals surface area contributed by atoms with E-state index >= 15 is 0 Å². The predicted molar refractivity (Wildman–Crippen MR) is 68.6 cm³/mol. The van der Waals surface area contributed by atoms with Crippen LogP contribution in [-0.4, -0.2) is 7.11 Å². The maximum absolute atomic E-state index is 13.8. The van der Waals surface area contributed by atoms with Crippen LogP contribution in [0.3, 0.4) is 0 Å². The van der Waals surface area contributed by atoms with Gasteiger partial charge in [-0.1, -0.05) is 32.8 Å². The summed E-state index contributed by atoms with van der Waals surface area (Å²) in [6.07, 6.45) is 3.08. The molecule has 0 saturated carbocycles. The molecule has 0 aliphatic carbocycles. The van der Waals surface area contributed by atoms with Gasteiger partial charge >= 0.3 is 0 Å². The van der Waals surface area contributed by atoms with E-state index in [9.17, 15) is 4.39 Å². The van der Waals surface area contributed by atoms with E-state index in [1.165, 1.54) is 13.2 Å². The van der Waals surface area contributed by atoms with Gasteiger partial charge in [0.1, 0.15) is 11.6 Å². The molecular weight excluding hydrogens is 217 g/mol. The van der Waals surface area contributed by atoms with Crippen molar-refractivity contribution in [2.75, 3.05) is 7.11 Å². The van der Waals surface area contributed by atoms with E-state index < -0.39 is 0 Å². The monoisotopic (exact) mass is 239 g/mol. The van der Waals surface area contributed by atoms with Crippen molar-refractivity contribution in [2.45, 2.75) is 39.2 Å². The summed E-state index contributed by atoms with van der Waals surface area (Å²) < 4.78 is 18.7. The van der Waals surface area contributed by atoms with E-state index in [2.05, 4.69) is 13.8 Å². The van der Waals surface area contributed by atoms with E-state index in [0.717, 1.165) is 19.3 Å². The lowest BCUT2D eigenvalue weighted by molar-refractivity contribution is 0.406. The molecule has 0 heterocycles. The standard InChI is InChI=1S/C14H22FNO/c1-4-5-10(2)8-14(16)12-7-6-11(17-3)9-13(12)15/h6-7,9-10,14H,4-5,8,16H2,1-3H3. The molecule has 0 amide bonds. The smallest absolute Gasteiger partial charge is 0.131 e. The van der Waals surface area contributed by atoms with Crippen LogP contribution in [0.15, 0.2) is 18.2 Å². The molecule has 0 bridgehead atoms. The van der Waals surface area contributed by atoms with Gasteiger partial charge in [-0.25, -0.2) is 4.39 Å². The molecule has 1 aromatic carbocycles. The lowest BCUT2D eigenvalue weighted by Gasteiger charge is -2.18. The molecule has 2 N–H and O–H groups in total. The third-order valence-corrected chi connectivity index (χ3v) is 3.04. The Hall–Kier alpha value is -1.09. The fraction of sp³-hybridized carbons (Fsp3) is 0.571. The Bertz CT molecular complexity index is 354. The number of hydrogen-bond acceptors (Lipinski definition) is 2. The van der Waals surface area contributed by atoms with E-state index in [1.54, 1.807) is 12.1 Å². The second kappa shape index (κ2) is 6.60. The Morgan fingerprint density at radius 2 is 2.12 bits per heavy atom. The van der Waals surface area contributed by atoms with Gasteiger partial charge < -0.3 is 10.5 Å². The van der Waals surface area contributed by atoms with Crippen LogP contribution in [0.25, 0.3) is 0 Å². The topological polar surface area (TPSA) is 35.2 Å². The van der Waals surface area contributed by atoms with Crippen LogP contribution < -0.4 is 10.5 Å². The van der Waals surface area contributed by atoms with E-state index in [0.29, 0.717) is 17.2 Å². The molecule has 0 aliphatic rings. The summed E-state index contributed by atoms with van der Waals surface area (Å²) in [5.74, 6) is 0.775. The minimum atomic E-state index is -0.277. The maximum atomic E-state index is 13.8. The van der Waals surface area contributed by atoms with Gasteiger partial charge in [0.25, 0.3) is 0 Å². The first-order valence-electron chi connectivity index (χ1n) is 6.17. The highest BCUT2D eigenvalue weighted by molar-refractivity contribution is 5.30. The van der Waals surface area contributed by atoms with E-state index in [4.69, 9.17) is 10.5 Å². The quantitative estimate of drug-likeness (QED) is 0.822. The van der Waals surface area contributed by atoms with Gasteiger partial charge in [-0.05, 0) is 18.4 Å². The summed E-state index contributed by atoms with van der Waals surface area (Å²) >= 11 is 0. The van der Waals surface area contributed by atoms with Crippen LogP contribution in [0, 0.1) is 11.7 Å². The number of hydrogen-bond donors (Lipinski definition) is 1. The third-order valence-electron chi connectivity index (χ3n) is 3.04. The summed E-state index contributed by atoms with van der Waals surface area (Å²) in [6, 6.07) is 4.63. The summed E-state index contributed by atoms with van der Waals surface area (Å²) in [4.78, 5) is 0. The van der Waals surface area contributed by atoms with Crippen molar-refractivity contribution in [1.82, 2.24) is 0 Å². The van der Waals surface area contributed by atoms with Gasteiger partial charge in [-0.15, -0.1) is 0 Å². The van der Waals surface area contributed by atoms with Crippen LogP contribution >= 0.6 is 0 Å². The minimum Gasteiger partial charge on any atom is -0.497 e. The number of rotatable bonds is 6. The van der Waals surface area contributed by atoms with Crippen molar-refractivity contribution in [2.24, 2.45) is 11.7 Å². The van der Waals surface area contributed by atoms with Crippen molar-refractivity contribution >= 4 is 0 Å². The van der Waals surface area contributed by atoms with Crippen molar-refractivity contribution in [1.29, 1.82) is 0 Å². The van der Waals surface area contributed by atoms with Gasteiger partial charge in [-0.2, -0.15) is 0 Å². The van der Waals surface area contributed by atoms with Crippen molar-refractivity contribution in [3.63, 3.8) is 0 Å². The molecule has 0 fully saturated rings. The Kier molecular flexibility index (Phi) is 5.42. The average Bonchev–Trinajstić information content (AvgIpc) is 2.28. The molecule has 0 saturated heterocycles. The molecule has 0 aliphatic heterocycles. The predicted octanol–water partition coefficient (Wildman–Crippen LogP) is 3.66. The van der Waals surface area contributed by atoms with Crippen LogP contribution in [0.1, 0.15) is 44.7 Å². The zero-order chi connectivity index (χ0) is 12.8. The molecule has 0 spiro atoms. The molecule has 96 valence electrons. The van der Waals surface area contributed by atoms with Crippen LogP contribution in [0.5, 0.6) is 5.75 Å². The Labute approximate surface area is 103 Å². The largest absolute Gasteiger partial charge is 0.497 e. The Morgan fingerprint density at radius 3 is 2.65 bits per heavy atom. The fourth-order valence-corrected chi connectivity index (χ4v) is 2.11. The lowest BCUT2D eigenvalue weighted by atomic mass is 9.93. The second-order valence-corrected chi connectivity index (χ2v) is 4.62. The number of ether oxygens (including phenoxy) is 1. The number of benzene rings is 1. The molecule has 0 aromatic heterocycles. The molecule has 3 heteroatoms. The maximum Gasteiger partial charge on any atom is 0.131 e. The highest BCUT2D eigenvalue weighted by Gasteiger charge is 2.15. The fourth-order valence-electron chi connectivity index (χ4n) is 2.11. The second-order valence-electron chi connectivity index (χ2n) is 4.62. The zero-order valence-electron chi connectivity index (χ0n) is 10.9. The van der Waals surface area contributed by atoms with Gasteiger partial charge in [0.2, 0.25) is 0 Å². The van der Waals surface area contributed by atoms with E-state index in [1.807, 2.05) is 0 Å². The van der Waals surface area contributed by atoms with Gasteiger partial charge in [-0.3, -0.25) is 0 Å². The molecule has 2 atom stereocenters. The highest BCUT2D eigenvalue weighted by atomic mass is 19.1. The van der Waals surface area contributed by atoms with Gasteiger partial charge in [0, 0.05) is 17.7 Å². The van der Waals surface area contributed by atoms with Crippen molar-refractivity contribution < 1.29 is 9.13 Å². The Morgan fingerprint density at radius 1 is 1.41 bits per heavy atom. The SMILES string of the molecule is CCCC(C)CC(N)c1ccc(OC)cc1F. The van der Waals surface area contributed by atoms with Crippen LogP contribution in [0.4, 0.5) is 4.39 Å². The Balaban J connectivity index is 2.71. The molecule has 0 radical (unpaired) electrons. The average molecular weight is 239 g/mol. The van der Waals surface area contributed by atoms with Gasteiger partial charge in [0.15, 0.2) is 0 Å². The molecule has 17 heavy (non-hydrogen) atoms. The first-order chi connectivity index (χ1) is 8.08. The van der Waals surface area contributed by atoms with E-state index in [-0.39, 0.29) is 11.9 Å². The lowest BCUT2D eigenvalue weighted by Crippen LogP contribution is -2.15. The number of halogens is 1. The molecule has 2 unspecified atom stereocenters. The zero-order valence-corrected chi connectivity index (χ0v) is 10.9. The first kappa shape index (κ1) is 14.0. The molecule has 2 nitrogen and oxygen atoms in total. The van der Waals surface area contributed by atoms with Crippen molar-refractivity contribution in [3.05, 3.63) is 29.6 Å². The normalized spacial score (nSPS) is 14.4. The highest BCUT2D eigenvalue weighted by Crippen LogP contribution is 2.26. The molecule has 1 rings (SSSR count). The van der Waals surface area contributed by atoms with Crippen LogP contribution in [-0.2, 0) is 0 Å². The summed E-state index contributed by atoms with van der Waals surface area (Å²) in [5, 5.41) is 0. The molecular formula is C14H22FNO. The summed E-state index contributed by atoms with van der Waals surface area (Å²) in [5.41, 5.74) is 6.62. The minimum absolute atomic E-state index is 0.234. The number of methoxy groups -OCH3 is 1. The summed E-state index contributed by atoms with van der Waals surface area (Å²) in [6.45, 7) is 4.31. The molecule has 1 aromatic rings. The first-order valence-corrected chi connectivity index (χ1v) is 6.17. The van der Waals surface area contributed by atoms with Crippen LogP contribution in [0.2, 0.25) is 0 Å². The van der Waals surface area contributed by atoms with Crippen molar-refractivity contribution in [3.8, 4) is 5.75 Å². The van der Waals surface area contributed by atoms with Gasteiger partial charge in [0.05, 0.1) is 7.11 Å². The summed E-state index contributed by atoms with van der Waals surface area (Å²) in [7, 11) is 1.53. The number of nitrogens with two attached hydrogens (primary N) is 1. The third kappa shape index (κ3) is 4.00.